The Labute approximate surface area is 127 Å². The lowest BCUT2D eigenvalue weighted by Gasteiger charge is -2.13. The van der Waals surface area contributed by atoms with Gasteiger partial charge in [-0.05, 0) is 44.0 Å². The molecule has 0 spiro atoms. The molecule has 1 saturated heterocycles. The molecule has 1 unspecified atom stereocenters. The molecular formula is C16H26N4O. The summed E-state index contributed by atoms with van der Waals surface area (Å²) in [6.07, 6.45) is 3.90. The summed E-state index contributed by atoms with van der Waals surface area (Å²) in [7, 11) is 0. The molecule has 21 heavy (non-hydrogen) atoms. The number of nitrogens with one attached hydrogen (secondary N) is 2. The Balaban J connectivity index is 1.83. The molecule has 1 aliphatic heterocycles. The van der Waals surface area contributed by atoms with E-state index >= 15 is 0 Å². The van der Waals surface area contributed by atoms with E-state index in [9.17, 15) is 4.79 Å². The number of hydrogen-bond donors (Lipinski definition) is 2. The van der Waals surface area contributed by atoms with Crippen LogP contribution in [0.1, 0.15) is 37.2 Å². The predicted molar refractivity (Wildman–Crippen MR) is 85.6 cm³/mol. The van der Waals surface area contributed by atoms with Gasteiger partial charge in [0.1, 0.15) is 5.69 Å². The van der Waals surface area contributed by atoms with Crippen LogP contribution in [0, 0.1) is 5.92 Å². The number of hydrogen-bond acceptors (Lipinski definition) is 4. The average Bonchev–Trinajstić information content (AvgIpc) is 2.99. The number of rotatable bonds is 7. The summed E-state index contributed by atoms with van der Waals surface area (Å²) in [4.78, 5) is 18.7. The third kappa shape index (κ3) is 4.70. The van der Waals surface area contributed by atoms with Crippen molar-refractivity contribution in [3.8, 4) is 0 Å². The minimum atomic E-state index is -0.0786. The van der Waals surface area contributed by atoms with Gasteiger partial charge in [-0.15, -0.1) is 0 Å². The minimum absolute atomic E-state index is 0.0786. The third-order valence-corrected chi connectivity index (χ3v) is 3.94. The van der Waals surface area contributed by atoms with Gasteiger partial charge >= 0.3 is 0 Å². The van der Waals surface area contributed by atoms with E-state index in [1.807, 2.05) is 12.1 Å². The van der Waals surface area contributed by atoms with Gasteiger partial charge in [-0.1, -0.05) is 13.8 Å². The summed E-state index contributed by atoms with van der Waals surface area (Å²) < 4.78 is 0. The molecule has 2 rings (SSSR count). The number of amides is 1. The number of anilines is 1. The van der Waals surface area contributed by atoms with Crippen LogP contribution in [0.5, 0.6) is 0 Å². The van der Waals surface area contributed by atoms with Crippen molar-refractivity contribution in [3.05, 3.63) is 24.0 Å². The molecule has 1 aromatic rings. The number of likely N-dealkylation sites (tertiary alicyclic amines) is 1. The van der Waals surface area contributed by atoms with Crippen LogP contribution < -0.4 is 10.6 Å². The van der Waals surface area contributed by atoms with Gasteiger partial charge < -0.3 is 15.5 Å². The van der Waals surface area contributed by atoms with Gasteiger partial charge in [-0.3, -0.25) is 9.78 Å². The smallest absolute Gasteiger partial charge is 0.269 e. The molecule has 0 aliphatic carbocycles. The van der Waals surface area contributed by atoms with Crippen molar-refractivity contribution >= 4 is 11.6 Å². The highest BCUT2D eigenvalue weighted by atomic mass is 16.1. The van der Waals surface area contributed by atoms with Crippen LogP contribution in [0.4, 0.5) is 5.69 Å². The molecular weight excluding hydrogens is 264 g/mol. The number of aromatic nitrogens is 1. The topological polar surface area (TPSA) is 57.3 Å². The molecule has 1 atom stereocenters. The Bertz CT molecular complexity index is 463. The minimum Gasteiger partial charge on any atom is -0.385 e. The van der Waals surface area contributed by atoms with E-state index in [0.29, 0.717) is 11.6 Å². The maximum absolute atomic E-state index is 12.2. The van der Waals surface area contributed by atoms with Gasteiger partial charge in [0, 0.05) is 31.5 Å². The maximum Gasteiger partial charge on any atom is 0.269 e. The van der Waals surface area contributed by atoms with E-state index in [2.05, 4.69) is 34.4 Å². The molecule has 1 fully saturated rings. The maximum atomic E-state index is 12.2. The summed E-state index contributed by atoms with van der Waals surface area (Å²) in [6.45, 7) is 9.26. The molecule has 1 amide bonds. The third-order valence-electron chi connectivity index (χ3n) is 3.94. The second kappa shape index (κ2) is 7.98. The molecule has 0 saturated carbocycles. The zero-order chi connectivity index (χ0) is 15.1. The molecule has 5 nitrogen and oxygen atoms in total. The van der Waals surface area contributed by atoms with Crippen molar-refractivity contribution in [1.29, 1.82) is 0 Å². The van der Waals surface area contributed by atoms with E-state index in [0.717, 1.165) is 44.8 Å². The summed E-state index contributed by atoms with van der Waals surface area (Å²) >= 11 is 0. The first-order valence-electron chi connectivity index (χ1n) is 7.93. The van der Waals surface area contributed by atoms with Crippen molar-refractivity contribution in [2.45, 2.75) is 26.7 Å². The lowest BCUT2D eigenvalue weighted by Crippen LogP contribution is -2.31. The zero-order valence-electron chi connectivity index (χ0n) is 13.1. The predicted octanol–water partition coefficient (Wildman–Crippen LogP) is 1.98. The molecule has 2 heterocycles. The normalized spacial score (nSPS) is 18.7. The van der Waals surface area contributed by atoms with Crippen molar-refractivity contribution in [2.75, 3.05) is 38.0 Å². The second-order valence-corrected chi connectivity index (χ2v) is 5.61. The SMILES string of the molecule is CCCNc1ccnc(C(=O)NCC2CCN(CC)C2)c1. The lowest BCUT2D eigenvalue weighted by atomic mass is 10.1. The number of carbonyl (C=O) groups is 1. The summed E-state index contributed by atoms with van der Waals surface area (Å²) in [5, 5.41) is 6.29. The molecule has 0 bridgehead atoms. The Morgan fingerprint density at radius 1 is 1.48 bits per heavy atom. The van der Waals surface area contributed by atoms with Crippen LogP contribution in [0.3, 0.4) is 0 Å². The van der Waals surface area contributed by atoms with Crippen molar-refractivity contribution in [2.24, 2.45) is 5.92 Å². The molecule has 0 aromatic carbocycles. The summed E-state index contributed by atoms with van der Waals surface area (Å²) in [5.74, 6) is 0.486. The first-order valence-corrected chi connectivity index (χ1v) is 7.93. The molecule has 0 radical (unpaired) electrons. The lowest BCUT2D eigenvalue weighted by molar-refractivity contribution is 0.0942. The molecule has 1 aliphatic rings. The van der Waals surface area contributed by atoms with Crippen LogP contribution in [-0.4, -0.2) is 48.5 Å². The van der Waals surface area contributed by atoms with Crippen LogP contribution in [0.2, 0.25) is 0 Å². The van der Waals surface area contributed by atoms with E-state index in [-0.39, 0.29) is 5.91 Å². The molecule has 116 valence electrons. The van der Waals surface area contributed by atoms with Gasteiger partial charge in [0.15, 0.2) is 0 Å². The Hall–Kier alpha value is -1.62. The van der Waals surface area contributed by atoms with Crippen molar-refractivity contribution < 1.29 is 4.79 Å². The van der Waals surface area contributed by atoms with Crippen LogP contribution in [0.15, 0.2) is 18.3 Å². The Morgan fingerprint density at radius 2 is 2.33 bits per heavy atom. The first-order chi connectivity index (χ1) is 10.2. The fourth-order valence-electron chi connectivity index (χ4n) is 2.63. The van der Waals surface area contributed by atoms with E-state index < -0.39 is 0 Å². The number of nitrogens with zero attached hydrogens (tertiary/aromatic N) is 2. The number of carbonyl (C=O) groups excluding carboxylic acids is 1. The molecule has 1 aromatic heterocycles. The quantitative estimate of drug-likeness (QED) is 0.806. The largest absolute Gasteiger partial charge is 0.385 e. The van der Waals surface area contributed by atoms with Gasteiger partial charge in [-0.25, -0.2) is 0 Å². The van der Waals surface area contributed by atoms with Crippen molar-refractivity contribution in [1.82, 2.24) is 15.2 Å². The fraction of sp³-hybridized carbons (Fsp3) is 0.625. The van der Waals surface area contributed by atoms with E-state index in [1.165, 1.54) is 6.42 Å². The average molecular weight is 290 g/mol. The van der Waals surface area contributed by atoms with E-state index in [4.69, 9.17) is 0 Å². The van der Waals surface area contributed by atoms with Crippen LogP contribution in [0.25, 0.3) is 0 Å². The highest BCUT2D eigenvalue weighted by Gasteiger charge is 2.21. The van der Waals surface area contributed by atoms with Crippen LogP contribution in [-0.2, 0) is 0 Å². The van der Waals surface area contributed by atoms with Crippen LogP contribution >= 0.6 is 0 Å². The number of pyridine rings is 1. The van der Waals surface area contributed by atoms with E-state index in [1.54, 1.807) is 6.20 Å². The molecule has 5 heteroatoms. The Morgan fingerprint density at radius 3 is 3.05 bits per heavy atom. The van der Waals surface area contributed by atoms with Gasteiger partial charge in [0.05, 0.1) is 0 Å². The zero-order valence-corrected chi connectivity index (χ0v) is 13.1. The second-order valence-electron chi connectivity index (χ2n) is 5.61. The van der Waals surface area contributed by atoms with Gasteiger partial charge in [0.2, 0.25) is 0 Å². The summed E-state index contributed by atoms with van der Waals surface area (Å²) in [5.41, 5.74) is 1.44. The monoisotopic (exact) mass is 290 g/mol. The molecule has 2 N–H and O–H groups in total. The Kier molecular flexibility index (Phi) is 5.99. The highest BCUT2D eigenvalue weighted by molar-refractivity contribution is 5.93. The fourth-order valence-corrected chi connectivity index (χ4v) is 2.63. The van der Waals surface area contributed by atoms with Gasteiger partial charge in [-0.2, -0.15) is 0 Å². The van der Waals surface area contributed by atoms with Gasteiger partial charge in [0.25, 0.3) is 5.91 Å². The highest BCUT2D eigenvalue weighted by Crippen LogP contribution is 2.15. The summed E-state index contributed by atoms with van der Waals surface area (Å²) in [6, 6.07) is 3.71. The standard InChI is InChI=1S/C16H26N4O/c1-3-7-17-14-5-8-18-15(10-14)16(21)19-11-13-6-9-20(4-2)12-13/h5,8,10,13H,3-4,6-7,9,11-12H2,1-2H3,(H,17,18)(H,19,21). The van der Waals surface area contributed by atoms with Crippen molar-refractivity contribution in [3.63, 3.8) is 0 Å². The first kappa shape index (κ1) is 15.8.